The van der Waals surface area contributed by atoms with Crippen LogP contribution in [0.1, 0.15) is 35.3 Å². The average molecular weight is 443 g/mol. The number of rotatable bonds is 7. The SMILES string of the molecule is CC(=O)N/C(=C\c1ccccc1)C(=O)O[C@@H](C(=O)Nc1cc(C)ccc1C)c1ccccc1. The first-order chi connectivity index (χ1) is 15.8. The fraction of sp³-hybridized carbons (Fsp3) is 0.148. The summed E-state index contributed by atoms with van der Waals surface area (Å²) in [4.78, 5) is 38.0. The Hall–Kier alpha value is -4.19. The third-order valence-corrected chi connectivity index (χ3v) is 4.86. The van der Waals surface area contributed by atoms with E-state index in [4.69, 9.17) is 4.74 Å². The summed E-state index contributed by atoms with van der Waals surface area (Å²) in [5.74, 6) is -1.74. The van der Waals surface area contributed by atoms with Gasteiger partial charge in [-0.05, 0) is 42.7 Å². The highest BCUT2D eigenvalue weighted by Gasteiger charge is 2.27. The summed E-state index contributed by atoms with van der Waals surface area (Å²) in [6.07, 6.45) is 0.292. The third-order valence-electron chi connectivity index (χ3n) is 4.86. The van der Waals surface area contributed by atoms with Gasteiger partial charge in [0.25, 0.3) is 5.91 Å². The smallest absolute Gasteiger partial charge is 0.355 e. The van der Waals surface area contributed by atoms with Gasteiger partial charge in [-0.15, -0.1) is 0 Å². The molecule has 0 bridgehead atoms. The van der Waals surface area contributed by atoms with Crippen molar-refractivity contribution in [3.63, 3.8) is 0 Å². The molecule has 0 spiro atoms. The fourth-order valence-corrected chi connectivity index (χ4v) is 3.19. The minimum atomic E-state index is -1.22. The lowest BCUT2D eigenvalue weighted by Gasteiger charge is -2.20. The van der Waals surface area contributed by atoms with Crippen LogP contribution in [0.5, 0.6) is 0 Å². The number of carbonyl (C=O) groups is 3. The lowest BCUT2D eigenvalue weighted by Crippen LogP contribution is -2.31. The van der Waals surface area contributed by atoms with Crippen molar-refractivity contribution >= 4 is 29.5 Å². The number of ether oxygens (including phenoxy) is 1. The Morgan fingerprint density at radius 2 is 1.52 bits per heavy atom. The number of carbonyl (C=O) groups excluding carboxylic acids is 3. The van der Waals surface area contributed by atoms with Crippen molar-refractivity contribution in [2.75, 3.05) is 5.32 Å². The summed E-state index contributed by atoms with van der Waals surface area (Å²) in [5, 5.41) is 5.37. The van der Waals surface area contributed by atoms with Crippen molar-refractivity contribution in [2.45, 2.75) is 26.9 Å². The van der Waals surface area contributed by atoms with Gasteiger partial charge in [-0.3, -0.25) is 9.59 Å². The van der Waals surface area contributed by atoms with E-state index in [9.17, 15) is 14.4 Å². The zero-order valence-corrected chi connectivity index (χ0v) is 18.8. The molecule has 1 atom stereocenters. The number of anilines is 1. The Morgan fingerprint density at radius 3 is 2.15 bits per heavy atom. The molecule has 2 amide bonds. The monoisotopic (exact) mass is 442 g/mol. The second-order valence-corrected chi connectivity index (χ2v) is 7.65. The van der Waals surface area contributed by atoms with Crippen LogP contribution in [0.25, 0.3) is 6.08 Å². The first-order valence-electron chi connectivity index (χ1n) is 10.5. The molecule has 3 aromatic carbocycles. The highest BCUT2D eigenvalue weighted by molar-refractivity contribution is 6.01. The molecule has 0 unspecified atom stereocenters. The Labute approximate surface area is 193 Å². The molecule has 0 fully saturated rings. The lowest BCUT2D eigenvalue weighted by molar-refractivity contribution is -0.151. The van der Waals surface area contributed by atoms with Crippen LogP contribution in [0.2, 0.25) is 0 Å². The quantitative estimate of drug-likeness (QED) is 0.410. The maximum atomic E-state index is 13.2. The molecule has 3 rings (SSSR count). The van der Waals surface area contributed by atoms with Crippen LogP contribution in [0.4, 0.5) is 5.69 Å². The van der Waals surface area contributed by atoms with Gasteiger partial charge in [0.05, 0.1) is 0 Å². The molecule has 0 radical (unpaired) electrons. The second-order valence-electron chi connectivity index (χ2n) is 7.65. The zero-order chi connectivity index (χ0) is 23.8. The minimum Gasteiger partial charge on any atom is -0.443 e. The number of amides is 2. The predicted octanol–water partition coefficient (Wildman–Crippen LogP) is 4.70. The second kappa shape index (κ2) is 10.9. The van der Waals surface area contributed by atoms with Gasteiger partial charge in [0.2, 0.25) is 12.0 Å². The molecule has 0 heterocycles. The first kappa shape index (κ1) is 23.5. The highest BCUT2D eigenvalue weighted by Crippen LogP contribution is 2.24. The standard InChI is InChI=1S/C27H26N2O4/c1-18-14-15-19(2)23(16-18)29-26(31)25(22-12-8-5-9-13-22)33-27(32)24(28-20(3)30)17-21-10-6-4-7-11-21/h4-17,25H,1-3H3,(H,28,30)(H,29,31)/b24-17-/t25-/m1/s1. The third kappa shape index (κ3) is 6.64. The van der Waals surface area contributed by atoms with Gasteiger partial charge in [0.15, 0.2) is 0 Å². The summed E-state index contributed by atoms with van der Waals surface area (Å²) < 4.78 is 5.64. The topological polar surface area (TPSA) is 84.5 Å². The molecule has 33 heavy (non-hydrogen) atoms. The van der Waals surface area contributed by atoms with Crippen LogP contribution in [0.3, 0.4) is 0 Å². The van der Waals surface area contributed by atoms with Crippen LogP contribution >= 0.6 is 0 Å². The fourth-order valence-electron chi connectivity index (χ4n) is 3.19. The van der Waals surface area contributed by atoms with Gasteiger partial charge in [0, 0.05) is 18.2 Å². The molecule has 0 aliphatic heterocycles. The number of aryl methyl sites for hydroxylation is 2. The van der Waals surface area contributed by atoms with Crippen LogP contribution < -0.4 is 10.6 Å². The molecule has 2 N–H and O–H groups in total. The molecule has 0 saturated carbocycles. The van der Waals surface area contributed by atoms with E-state index in [1.54, 1.807) is 36.4 Å². The zero-order valence-electron chi connectivity index (χ0n) is 18.8. The van der Waals surface area contributed by atoms with Crippen molar-refractivity contribution in [1.82, 2.24) is 5.32 Å². The van der Waals surface area contributed by atoms with Crippen molar-refractivity contribution < 1.29 is 19.1 Å². The number of hydrogen-bond acceptors (Lipinski definition) is 4. The largest absolute Gasteiger partial charge is 0.443 e. The summed E-state index contributed by atoms with van der Waals surface area (Å²) in [5.41, 5.74) is 3.66. The van der Waals surface area contributed by atoms with Crippen molar-refractivity contribution in [1.29, 1.82) is 0 Å². The molecule has 6 nitrogen and oxygen atoms in total. The van der Waals surface area contributed by atoms with Crippen molar-refractivity contribution in [3.8, 4) is 0 Å². The summed E-state index contributed by atoms with van der Waals surface area (Å²) in [6, 6.07) is 23.5. The summed E-state index contributed by atoms with van der Waals surface area (Å²) >= 11 is 0. The molecular formula is C27H26N2O4. The van der Waals surface area contributed by atoms with Crippen LogP contribution in [-0.4, -0.2) is 17.8 Å². The maximum Gasteiger partial charge on any atom is 0.355 e. The van der Waals surface area contributed by atoms with Gasteiger partial charge in [-0.2, -0.15) is 0 Å². The van der Waals surface area contributed by atoms with Gasteiger partial charge in [-0.25, -0.2) is 4.79 Å². The summed E-state index contributed by atoms with van der Waals surface area (Å²) in [7, 11) is 0. The molecule has 0 aliphatic rings. The van der Waals surface area contributed by atoms with Gasteiger partial charge in [0.1, 0.15) is 5.70 Å². The molecular weight excluding hydrogens is 416 g/mol. The average Bonchev–Trinajstić information content (AvgIpc) is 2.80. The predicted molar refractivity (Wildman–Crippen MR) is 128 cm³/mol. The first-order valence-corrected chi connectivity index (χ1v) is 10.5. The van der Waals surface area contributed by atoms with Crippen LogP contribution in [-0.2, 0) is 19.1 Å². The Kier molecular flexibility index (Phi) is 7.76. The van der Waals surface area contributed by atoms with E-state index in [1.807, 2.05) is 56.3 Å². The minimum absolute atomic E-state index is 0.0610. The molecule has 3 aromatic rings. The van der Waals surface area contributed by atoms with E-state index in [0.29, 0.717) is 16.8 Å². The van der Waals surface area contributed by atoms with E-state index in [2.05, 4.69) is 10.6 Å². The van der Waals surface area contributed by atoms with E-state index in [0.717, 1.165) is 11.1 Å². The van der Waals surface area contributed by atoms with E-state index < -0.39 is 23.9 Å². The molecule has 0 aromatic heterocycles. The lowest BCUT2D eigenvalue weighted by atomic mass is 10.1. The Morgan fingerprint density at radius 1 is 0.879 bits per heavy atom. The molecule has 6 heteroatoms. The van der Waals surface area contributed by atoms with E-state index in [-0.39, 0.29) is 5.70 Å². The van der Waals surface area contributed by atoms with Gasteiger partial charge < -0.3 is 15.4 Å². The summed E-state index contributed by atoms with van der Waals surface area (Å²) in [6.45, 7) is 5.11. The normalized spacial score (nSPS) is 11.9. The van der Waals surface area contributed by atoms with Crippen LogP contribution in [0.15, 0.2) is 84.6 Å². The number of nitrogens with one attached hydrogen (secondary N) is 2. The number of hydrogen-bond donors (Lipinski definition) is 2. The Balaban J connectivity index is 1.91. The van der Waals surface area contributed by atoms with Crippen LogP contribution in [0, 0.1) is 13.8 Å². The molecule has 0 aliphatic carbocycles. The number of esters is 1. The molecule has 168 valence electrons. The maximum absolute atomic E-state index is 13.2. The van der Waals surface area contributed by atoms with E-state index in [1.165, 1.54) is 13.0 Å². The van der Waals surface area contributed by atoms with Gasteiger partial charge in [-0.1, -0.05) is 72.8 Å². The highest BCUT2D eigenvalue weighted by atomic mass is 16.5. The van der Waals surface area contributed by atoms with Crippen molar-refractivity contribution in [2.24, 2.45) is 0 Å². The number of benzene rings is 3. The van der Waals surface area contributed by atoms with Crippen molar-refractivity contribution in [3.05, 3.63) is 107 Å². The van der Waals surface area contributed by atoms with Gasteiger partial charge >= 0.3 is 5.97 Å². The molecule has 0 saturated heterocycles. The Bertz CT molecular complexity index is 1170. The van der Waals surface area contributed by atoms with E-state index >= 15 is 0 Å².